The Labute approximate surface area is 247 Å². The van der Waals surface area contributed by atoms with E-state index < -0.39 is 115 Å². The second kappa shape index (κ2) is 9.63. The molecule has 39 heavy (non-hydrogen) atoms. The number of benzene rings is 1. The van der Waals surface area contributed by atoms with Gasteiger partial charge in [0.05, 0.1) is 55.9 Å². The molecule has 0 radical (unpaired) electrons. The number of tetrazole rings is 1. The Kier molecular flexibility index (Phi) is 2.79. The van der Waals surface area contributed by atoms with Crippen LogP contribution < -0.4 is 9.64 Å². The maximum absolute atomic E-state index is 14.1. The number of aromatic nitrogens is 9. The third-order valence-corrected chi connectivity index (χ3v) is 5.26. The number of aromatic amines is 1. The van der Waals surface area contributed by atoms with Gasteiger partial charge in [-0.3, -0.25) is 9.59 Å². The highest BCUT2D eigenvalue weighted by Gasteiger charge is 2.31. The van der Waals surface area contributed by atoms with Gasteiger partial charge in [-0.25, -0.2) is 14.6 Å². The monoisotopic (exact) mass is 545 g/mol. The lowest BCUT2D eigenvalue weighted by molar-refractivity contribution is -0.126. The van der Waals surface area contributed by atoms with Gasteiger partial charge in [0.25, 0.3) is 11.7 Å². The summed E-state index contributed by atoms with van der Waals surface area (Å²) >= 11 is 0. The average molecular weight is 546 g/mol. The van der Waals surface area contributed by atoms with Gasteiger partial charge in [0.2, 0.25) is 5.95 Å². The quantitative estimate of drug-likeness (QED) is 0.244. The predicted octanol–water partition coefficient (Wildman–Crippen LogP) is 1.28. The van der Waals surface area contributed by atoms with Gasteiger partial charge < -0.3 is 19.5 Å². The number of nitrogens with zero attached hydrogens (tertiary/aromatic N) is 10. The van der Waals surface area contributed by atoms with Gasteiger partial charge in [-0.2, -0.15) is 9.78 Å². The first-order valence-corrected chi connectivity index (χ1v) is 10.7. The van der Waals surface area contributed by atoms with E-state index in [1.165, 1.54) is 6.92 Å². The summed E-state index contributed by atoms with van der Waals surface area (Å²) in [4.78, 5) is 37.6. The van der Waals surface area contributed by atoms with E-state index in [-0.39, 0.29) is 21.8 Å². The standard InChI is InChI=1S/C25H25N11O3/c1-15-4-6-17(7-5-15)36-25(29-31-32-36)34-10-8-33(9-11-34)24(38)22(37)18-12-26-21-20(18)19(39-3)13-27-23(21)35-14-28-16(2)30-35/h4-7,12-14,26H,8-11H2,1-3H3/i2D3,3D3,4D,5D,6D,7D,8D2,9D2,10D2,11D2. The number of Topliss-reactive ketones (excluding diaryl/α,β-unsaturated/α-hetero) is 1. The highest BCUT2D eigenvalue weighted by Crippen LogP contribution is 2.32. The lowest BCUT2D eigenvalue weighted by Gasteiger charge is -2.34. The number of aryl methyl sites for hydroxylation is 1. The number of piperazine rings is 1. The number of pyridine rings is 1. The SMILES string of the molecule is [2H]c1c([2H])c(-n2nnnc2N2C([2H])([2H])C([2H])([2H])N(C(=O)C(=O)c3c[nH]c4c(-n5cnc(C([2H])([2H])[2H])n5)ncc(OC([2H])([2H])[2H])c34)C([2H])([2H])C2([2H])[2H])c([2H])c([2H])c1C. The number of hydrogen-bond acceptors (Lipinski definition) is 10. The molecule has 1 amide bonds. The van der Waals surface area contributed by atoms with Gasteiger partial charge in [-0.1, -0.05) is 22.7 Å². The molecule has 14 heteroatoms. The molecule has 1 N–H and O–H groups in total. The molecule has 5 heterocycles. The minimum absolute atomic E-state index is 0.112. The second-order valence-electron chi connectivity index (χ2n) is 7.63. The average Bonchev–Trinajstić information content (AvgIpc) is 3.86. The number of ketones is 1. The summed E-state index contributed by atoms with van der Waals surface area (Å²) in [7, 11) is -3.21. The summed E-state index contributed by atoms with van der Waals surface area (Å²) < 4.78 is 155. The Morgan fingerprint density at radius 1 is 1.15 bits per heavy atom. The first-order chi connectivity index (χ1) is 26.0. The van der Waals surface area contributed by atoms with E-state index in [0.717, 1.165) is 23.4 Å². The van der Waals surface area contributed by atoms with E-state index in [0.29, 0.717) is 4.68 Å². The largest absolute Gasteiger partial charge is 0.494 e. The molecule has 0 unspecified atom stereocenters. The molecule has 0 spiro atoms. The van der Waals surface area contributed by atoms with Crippen molar-refractivity contribution in [1.82, 2.24) is 49.8 Å². The van der Waals surface area contributed by atoms with Gasteiger partial charge in [-0.05, 0) is 36.3 Å². The molecule has 4 aromatic heterocycles. The molecule has 1 aliphatic rings. The zero-order chi connectivity index (χ0) is 42.7. The third kappa shape index (κ3) is 4.24. The lowest BCUT2D eigenvalue weighted by Crippen LogP contribution is -2.51. The Balaban J connectivity index is 1.49. The zero-order valence-electron chi connectivity index (χ0n) is 37.4. The number of ether oxygens (including phenoxy) is 1. The zero-order valence-corrected chi connectivity index (χ0v) is 19.4. The van der Waals surface area contributed by atoms with Gasteiger partial charge in [0.1, 0.15) is 17.9 Å². The molecule has 0 bridgehead atoms. The predicted molar refractivity (Wildman–Crippen MR) is 139 cm³/mol. The topological polar surface area (TPSA) is 153 Å². The van der Waals surface area contributed by atoms with E-state index in [1.54, 1.807) is 0 Å². The van der Waals surface area contributed by atoms with E-state index in [4.69, 9.17) is 29.4 Å². The van der Waals surface area contributed by atoms with Crippen molar-refractivity contribution in [2.24, 2.45) is 0 Å². The summed E-state index contributed by atoms with van der Waals surface area (Å²) in [6.07, 6.45) is 2.46. The number of nitrogens with one attached hydrogen (secondary N) is 1. The van der Waals surface area contributed by atoms with Crippen molar-refractivity contribution in [2.75, 3.05) is 37.9 Å². The van der Waals surface area contributed by atoms with Crippen molar-refractivity contribution >= 4 is 28.5 Å². The molecule has 14 nitrogen and oxygen atoms in total. The minimum atomic E-state index is -4.04. The van der Waals surface area contributed by atoms with Crippen molar-refractivity contribution in [3.8, 4) is 17.3 Å². The van der Waals surface area contributed by atoms with Crippen LogP contribution in [-0.4, -0.2) is 94.6 Å². The maximum Gasteiger partial charge on any atom is 0.295 e. The minimum Gasteiger partial charge on any atom is -0.494 e. The van der Waals surface area contributed by atoms with Crippen LogP contribution in [0.2, 0.25) is 0 Å². The van der Waals surface area contributed by atoms with Crippen LogP contribution in [0.4, 0.5) is 5.95 Å². The van der Waals surface area contributed by atoms with Crippen LogP contribution in [0.5, 0.6) is 5.75 Å². The van der Waals surface area contributed by atoms with Crippen LogP contribution in [0.25, 0.3) is 22.4 Å². The molecule has 0 saturated carbocycles. The van der Waals surface area contributed by atoms with Crippen LogP contribution in [0.15, 0.2) is 42.9 Å². The van der Waals surface area contributed by atoms with Crippen LogP contribution in [0.3, 0.4) is 0 Å². The number of amides is 1. The number of methoxy groups -OCH3 is 1. The maximum atomic E-state index is 14.1. The highest BCUT2D eigenvalue weighted by atomic mass is 16.5. The van der Waals surface area contributed by atoms with Crippen molar-refractivity contribution in [3.05, 3.63) is 59.8 Å². The summed E-state index contributed by atoms with van der Waals surface area (Å²) in [5, 5.41) is 13.6. The van der Waals surface area contributed by atoms with Crippen LogP contribution >= 0.6 is 0 Å². The molecular weight excluding hydrogens is 502 g/mol. The first kappa shape index (κ1) is 11.3. The van der Waals surface area contributed by atoms with Crippen LogP contribution in [-0.2, 0) is 4.79 Å². The summed E-state index contributed by atoms with van der Waals surface area (Å²) in [5.41, 5.74) is -2.02. The fourth-order valence-corrected chi connectivity index (χ4v) is 3.51. The Bertz CT molecular complexity index is 2410. The summed E-state index contributed by atoms with van der Waals surface area (Å²) in [5.74, 6) is -6.87. The number of H-pyrrole nitrogens is 1. The molecule has 1 saturated heterocycles. The fraction of sp³-hybridized carbons (Fsp3) is 0.280. The lowest BCUT2D eigenvalue weighted by atomic mass is 10.1. The number of hydrogen-bond donors (Lipinski definition) is 1. The van der Waals surface area contributed by atoms with Gasteiger partial charge in [0.15, 0.2) is 5.82 Å². The van der Waals surface area contributed by atoms with Crippen LogP contribution in [0.1, 0.15) is 46.4 Å². The molecule has 1 fully saturated rings. The van der Waals surface area contributed by atoms with E-state index >= 15 is 0 Å². The molecular formula is C25H25N11O3. The van der Waals surface area contributed by atoms with Gasteiger partial charge in [-0.15, -0.1) is 0 Å². The number of anilines is 1. The van der Waals surface area contributed by atoms with Crippen molar-refractivity contribution < 1.29 is 39.0 Å². The first-order valence-electron chi connectivity index (χ1n) is 19.7. The fourth-order valence-electron chi connectivity index (χ4n) is 3.51. The van der Waals surface area contributed by atoms with E-state index in [2.05, 4.69) is 35.6 Å². The number of rotatable bonds is 6. The van der Waals surface area contributed by atoms with E-state index in [9.17, 15) is 9.59 Å². The van der Waals surface area contributed by atoms with E-state index in [1.807, 2.05) is 0 Å². The normalized spacial score (nSPS) is 26.3. The molecule has 0 aliphatic carbocycles. The Morgan fingerprint density at radius 2 is 1.97 bits per heavy atom. The third-order valence-electron chi connectivity index (χ3n) is 5.26. The molecule has 1 aliphatic heterocycles. The van der Waals surface area contributed by atoms with Crippen molar-refractivity contribution in [1.29, 1.82) is 0 Å². The number of carbonyl (C=O) groups excluding carboxylic acids is 2. The summed E-state index contributed by atoms with van der Waals surface area (Å²) in [6, 6.07) is -2.75. The summed E-state index contributed by atoms with van der Waals surface area (Å²) in [6.45, 7) is -17.5. The second-order valence-corrected chi connectivity index (χ2v) is 7.63. The molecule has 1 aromatic carbocycles. The molecule has 198 valence electrons. The molecule has 0 atom stereocenters. The van der Waals surface area contributed by atoms with Gasteiger partial charge >= 0.3 is 0 Å². The van der Waals surface area contributed by atoms with Crippen LogP contribution in [0, 0.1) is 13.8 Å². The molecule has 6 rings (SSSR count). The van der Waals surface area contributed by atoms with Crippen molar-refractivity contribution in [2.45, 2.75) is 13.8 Å². The van der Waals surface area contributed by atoms with Crippen molar-refractivity contribution in [3.63, 3.8) is 0 Å². The highest BCUT2D eigenvalue weighted by molar-refractivity contribution is 6.45. The van der Waals surface area contributed by atoms with Gasteiger partial charge in [0, 0.05) is 36.3 Å². The Hall–Kier alpha value is -5.14. The number of fused-ring (bicyclic) bond motifs is 1. The smallest absolute Gasteiger partial charge is 0.295 e. The number of carbonyl (C=O) groups is 2. The molecule has 5 aromatic rings. The Morgan fingerprint density at radius 3 is 2.72 bits per heavy atom.